The van der Waals surface area contributed by atoms with E-state index in [2.05, 4.69) is 5.32 Å². The molecule has 0 amide bonds. The molecule has 0 saturated carbocycles. The summed E-state index contributed by atoms with van der Waals surface area (Å²) in [6.45, 7) is 0.868. The summed E-state index contributed by atoms with van der Waals surface area (Å²) in [7, 11) is 0. The lowest BCUT2D eigenvalue weighted by molar-refractivity contribution is -0.137. The van der Waals surface area contributed by atoms with Gasteiger partial charge in [0.25, 0.3) is 0 Å². The summed E-state index contributed by atoms with van der Waals surface area (Å²) in [6, 6.07) is 5.10. The average Bonchev–Trinajstić information content (AvgIpc) is 2.14. The van der Waals surface area contributed by atoms with Crippen LogP contribution in [0.5, 0.6) is 0 Å². The second kappa shape index (κ2) is 3.75. The van der Waals surface area contributed by atoms with Gasteiger partial charge in [0.1, 0.15) is 0 Å². The van der Waals surface area contributed by atoms with E-state index in [0.717, 1.165) is 12.1 Å². The molecule has 16 heavy (non-hydrogen) atoms. The van der Waals surface area contributed by atoms with Crippen molar-refractivity contribution in [3.8, 4) is 0 Å². The molecular weight excluding hydrogens is 219 g/mol. The van der Waals surface area contributed by atoms with Crippen LogP contribution in [-0.2, 0) is 12.6 Å². The van der Waals surface area contributed by atoms with E-state index in [1.807, 2.05) is 0 Å². The Bertz CT molecular complexity index is 385. The van der Waals surface area contributed by atoms with Crippen molar-refractivity contribution in [3.63, 3.8) is 0 Å². The average molecular weight is 231 g/mol. The highest BCUT2D eigenvalue weighted by Gasteiger charge is 2.35. The van der Waals surface area contributed by atoms with Crippen LogP contribution in [0.3, 0.4) is 0 Å². The molecule has 88 valence electrons. The number of aliphatic hydroxyl groups is 1. The van der Waals surface area contributed by atoms with Crippen molar-refractivity contribution in [2.24, 2.45) is 0 Å². The molecular formula is C11H12F3NO. The molecule has 1 fully saturated rings. The number of hydrogen-bond donors (Lipinski definition) is 2. The molecule has 2 N–H and O–H groups in total. The van der Waals surface area contributed by atoms with E-state index >= 15 is 0 Å². The van der Waals surface area contributed by atoms with Crippen molar-refractivity contribution in [1.82, 2.24) is 5.32 Å². The van der Waals surface area contributed by atoms with Gasteiger partial charge >= 0.3 is 6.18 Å². The first kappa shape index (κ1) is 11.4. The molecule has 2 nitrogen and oxygen atoms in total. The van der Waals surface area contributed by atoms with E-state index in [4.69, 9.17) is 0 Å². The van der Waals surface area contributed by atoms with Crippen LogP contribution in [0.15, 0.2) is 24.3 Å². The smallest absolute Gasteiger partial charge is 0.387 e. The van der Waals surface area contributed by atoms with Crippen LogP contribution in [0.25, 0.3) is 0 Å². The molecule has 1 aromatic carbocycles. The number of rotatable bonds is 2. The topological polar surface area (TPSA) is 32.3 Å². The van der Waals surface area contributed by atoms with Gasteiger partial charge in [-0.3, -0.25) is 0 Å². The van der Waals surface area contributed by atoms with E-state index in [9.17, 15) is 18.3 Å². The summed E-state index contributed by atoms with van der Waals surface area (Å²) in [4.78, 5) is 0. The molecule has 0 aromatic heterocycles. The fraction of sp³-hybridized carbons (Fsp3) is 0.455. The Morgan fingerprint density at radius 3 is 2.50 bits per heavy atom. The minimum atomic E-state index is -4.32. The van der Waals surface area contributed by atoms with Gasteiger partial charge in [-0.05, 0) is 11.6 Å². The maximum Gasteiger partial charge on any atom is 0.416 e. The standard InChI is InChI=1S/C11H12F3NO/c12-11(13,14)9-3-1-2-8(4-9)5-10(16)6-15-7-10/h1-4,15-16H,5-7H2. The number of halogens is 3. The minimum absolute atomic E-state index is 0.254. The van der Waals surface area contributed by atoms with Crippen molar-refractivity contribution in [1.29, 1.82) is 0 Å². The fourth-order valence-electron chi connectivity index (χ4n) is 1.78. The third kappa shape index (κ3) is 2.36. The maximum atomic E-state index is 12.4. The lowest BCUT2D eigenvalue weighted by Gasteiger charge is -2.37. The summed E-state index contributed by atoms with van der Waals surface area (Å²) >= 11 is 0. The van der Waals surface area contributed by atoms with Crippen molar-refractivity contribution in [2.75, 3.05) is 13.1 Å². The third-order valence-corrected chi connectivity index (χ3v) is 2.70. The molecule has 0 aliphatic carbocycles. The van der Waals surface area contributed by atoms with Gasteiger partial charge in [-0.1, -0.05) is 18.2 Å². The zero-order valence-electron chi connectivity index (χ0n) is 8.51. The van der Waals surface area contributed by atoms with Gasteiger partial charge in [0, 0.05) is 19.5 Å². The summed E-state index contributed by atoms with van der Waals surface area (Å²) in [5.41, 5.74) is -1.04. The molecule has 0 unspecified atom stereocenters. The predicted octanol–water partition coefficient (Wildman–Crippen LogP) is 1.58. The van der Waals surface area contributed by atoms with Crippen molar-refractivity contribution >= 4 is 0 Å². The Morgan fingerprint density at radius 1 is 1.31 bits per heavy atom. The van der Waals surface area contributed by atoms with Gasteiger partial charge in [-0.15, -0.1) is 0 Å². The van der Waals surface area contributed by atoms with Crippen LogP contribution in [-0.4, -0.2) is 23.8 Å². The van der Waals surface area contributed by atoms with Crippen LogP contribution in [0.1, 0.15) is 11.1 Å². The molecule has 5 heteroatoms. The van der Waals surface area contributed by atoms with Crippen molar-refractivity contribution in [3.05, 3.63) is 35.4 Å². The van der Waals surface area contributed by atoms with Crippen LogP contribution in [0.4, 0.5) is 13.2 Å². The second-order valence-electron chi connectivity index (χ2n) is 4.20. The summed E-state index contributed by atoms with van der Waals surface area (Å²) < 4.78 is 37.3. The van der Waals surface area contributed by atoms with E-state index in [1.165, 1.54) is 6.07 Å². The van der Waals surface area contributed by atoms with Gasteiger partial charge in [-0.2, -0.15) is 13.2 Å². The highest BCUT2D eigenvalue weighted by atomic mass is 19.4. The zero-order valence-corrected chi connectivity index (χ0v) is 8.51. The number of nitrogens with one attached hydrogen (secondary N) is 1. The summed E-state index contributed by atoms with van der Waals surface area (Å²) in [6.07, 6.45) is -4.07. The first-order valence-corrected chi connectivity index (χ1v) is 4.98. The van der Waals surface area contributed by atoms with Crippen LogP contribution >= 0.6 is 0 Å². The quantitative estimate of drug-likeness (QED) is 0.810. The molecule has 1 aromatic rings. The molecule has 1 saturated heterocycles. The van der Waals surface area contributed by atoms with Crippen molar-refractivity contribution < 1.29 is 18.3 Å². The maximum absolute atomic E-state index is 12.4. The van der Waals surface area contributed by atoms with Crippen LogP contribution in [0, 0.1) is 0 Å². The highest BCUT2D eigenvalue weighted by molar-refractivity contribution is 5.27. The summed E-state index contributed by atoms with van der Waals surface area (Å²) in [5, 5.41) is 12.7. The van der Waals surface area contributed by atoms with E-state index < -0.39 is 17.3 Å². The van der Waals surface area contributed by atoms with E-state index in [0.29, 0.717) is 18.7 Å². The molecule has 0 spiro atoms. The number of β-amino-alcohol motifs (C(OH)–C–C–N with tert-alkyl or cyclic N) is 1. The van der Waals surface area contributed by atoms with Gasteiger partial charge in [0.2, 0.25) is 0 Å². The Morgan fingerprint density at radius 2 is 2.00 bits per heavy atom. The SMILES string of the molecule is OC1(Cc2cccc(C(F)(F)F)c2)CNC1. The van der Waals surface area contributed by atoms with Gasteiger partial charge in [0.05, 0.1) is 11.2 Å². The molecule has 2 rings (SSSR count). The molecule has 1 aliphatic rings. The van der Waals surface area contributed by atoms with Gasteiger partial charge < -0.3 is 10.4 Å². The molecule has 1 aliphatic heterocycles. The molecule has 1 heterocycles. The highest BCUT2D eigenvalue weighted by Crippen LogP contribution is 2.30. The Kier molecular flexibility index (Phi) is 2.67. The first-order chi connectivity index (χ1) is 7.39. The van der Waals surface area contributed by atoms with E-state index in [-0.39, 0.29) is 6.42 Å². The predicted molar refractivity (Wildman–Crippen MR) is 53.0 cm³/mol. The molecule has 0 bridgehead atoms. The van der Waals surface area contributed by atoms with Crippen LogP contribution < -0.4 is 5.32 Å². The normalized spacial score (nSPS) is 19.2. The Balaban J connectivity index is 2.16. The summed E-state index contributed by atoms with van der Waals surface area (Å²) in [5.74, 6) is 0. The van der Waals surface area contributed by atoms with Gasteiger partial charge in [0.15, 0.2) is 0 Å². The Labute approximate surface area is 91.1 Å². The molecule has 0 radical (unpaired) electrons. The number of benzene rings is 1. The lowest BCUT2D eigenvalue weighted by Crippen LogP contribution is -2.60. The first-order valence-electron chi connectivity index (χ1n) is 4.98. The Hall–Kier alpha value is -1.07. The minimum Gasteiger partial charge on any atom is -0.387 e. The van der Waals surface area contributed by atoms with Crippen LogP contribution in [0.2, 0.25) is 0 Å². The number of hydrogen-bond acceptors (Lipinski definition) is 2. The lowest BCUT2D eigenvalue weighted by atomic mass is 9.89. The van der Waals surface area contributed by atoms with E-state index in [1.54, 1.807) is 6.07 Å². The monoisotopic (exact) mass is 231 g/mol. The fourth-order valence-corrected chi connectivity index (χ4v) is 1.78. The second-order valence-corrected chi connectivity index (χ2v) is 4.20. The van der Waals surface area contributed by atoms with Gasteiger partial charge in [-0.25, -0.2) is 0 Å². The number of alkyl halides is 3. The van der Waals surface area contributed by atoms with Crippen molar-refractivity contribution in [2.45, 2.75) is 18.2 Å². The third-order valence-electron chi connectivity index (χ3n) is 2.70. The molecule has 0 atom stereocenters. The zero-order chi connectivity index (χ0) is 11.8. The largest absolute Gasteiger partial charge is 0.416 e.